The third-order valence-corrected chi connectivity index (χ3v) is 13.4. The summed E-state index contributed by atoms with van der Waals surface area (Å²) in [5.74, 6) is -17.8. The Bertz CT molecular complexity index is 1380. The predicted octanol–water partition coefficient (Wildman–Crippen LogP) is 11.3. The Morgan fingerprint density at radius 1 is 0.870 bits per heavy atom. The van der Waals surface area contributed by atoms with E-state index >= 15 is 4.39 Å². The van der Waals surface area contributed by atoms with E-state index in [9.17, 15) is 44.6 Å². The molecule has 3 fully saturated rings. The monoisotopic (exact) mass is 789 g/mol. The van der Waals surface area contributed by atoms with Gasteiger partial charge in [0.05, 0.1) is 12.2 Å². The number of unbranched alkanes of at least 4 members (excludes halogenated alkanes) is 5. The molecule has 5 rings (SSSR count). The van der Waals surface area contributed by atoms with Crippen LogP contribution in [-0.2, 0) is 11.2 Å². The number of fused-ring (bicyclic) bond motifs is 5. The van der Waals surface area contributed by atoms with Gasteiger partial charge in [-0.3, -0.25) is 0 Å². The van der Waals surface area contributed by atoms with Crippen molar-refractivity contribution in [3.63, 3.8) is 0 Å². The van der Waals surface area contributed by atoms with Crippen molar-refractivity contribution in [3.8, 4) is 5.75 Å². The van der Waals surface area contributed by atoms with Gasteiger partial charge in [0.25, 0.3) is 0 Å². The lowest BCUT2D eigenvalue weighted by atomic mass is 9.50. The molecule has 3 aliphatic carbocycles. The van der Waals surface area contributed by atoms with E-state index in [4.69, 9.17) is 9.47 Å². The summed E-state index contributed by atoms with van der Waals surface area (Å²) in [5, 5.41) is 11.4. The van der Waals surface area contributed by atoms with E-state index in [1.807, 2.05) is 26.1 Å². The Morgan fingerprint density at radius 2 is 1.54 bits per heavy atom. The van der Waals surface area contributed by atoms with Crippen LogP contribution in [0.25, 0.3) is 0 Å². The van der Waals surface area contributed by atoms with Crippen LogP contribution in [0.2, 0.25) is 0 Å². The topological polar surface area (TPSA) is 41.9 Å². The molecule has 4 aliphatic rings. The van der Waals surface area contributed by atoms with Gasteiger partial charge in [-0.2, -0.15) is 39.5 Å². The molecular weight excluding hydrogens is 732 g/mol. The van der Waals surface area contributed by atoms with E-state index in [1.165, 1.54) is 0 Å². The number of halogens is 10. The molecule has 4 nitrogen and oxygen atoms in total. The van der Waals surface area contributed by atoms with Gasteiger partial charge in [0.2, 0.25) is 0 Å². The average Bonchev–Trinajstić information content (AvgIpc) is 3.32. The molecule has 1 aromatic carbocycles. The fourth-order valence-electron chi connectivity index (χ4n) is 10.0. The molecule has 1 saturated heterocycles. The molecule has 0 radical (unpaired) electrons. The summed E-state index contributed by atoms with van der Waals surface area (Å²) in [5.41, 5.74) is 0.766. The molecule has 14 heteroatoms. The van der Waals surface area contributed by atoms with Crippen LogP contribution in [0.1, 0.15) is 127 Å². The number of hydrogen-bond acceptors (Lipinski definition) is 4. The van der Waals surface area contributed by atoms with Crippen molar-refractivity contribution < 1.29 is 58.5 Å². The van der Waals surface area contributed by atoms with Crippen LogP contribution in [0.5, 0.6) is 5.75 Å². The predicted molar refractivity (Wildman–Crippen MR) is 185 cm³/mol. The zero-order valence-electron chi connectivity index (χ0n) is 31.6. The highest BCUT2D eigenvalue weighted by Crippen LogP contribution is 2.66. The van der Waals surface area contributed by atoms with Crippen LogP contribution in [-0.4, -0.2) is 78.8 Å². The van der Waals surface area contributed by atoms with Gasteiger partial charge in [0.1, 0.15) is 11.9 Å². The molecule has 0 spiro atoms. The first-order valence-corrected chi connectivity index (χ1v) is 19.8. The summed E-state index contributed by atoms with van der Waals surface area (Å²) in [6.07, 6.45) is -0.445. The second-order valence-corrected chi connectivity index (χ2v) is 17.1. The van der Waals surface area contributed by atoms with Crippen molar-refractivity contribution in [1.82, 2.24) is 4.90 Å². The first-order chi connectivity index (χ1) is 25.1. The third kappa shape index (κ3) is 8.70. The third-order valence-electron chi connectivity index (χ3n) is 13.4. The van der Waals surface area contributed by atoms with Crippen molar-refractivity contribution in [2.24, 2.45) is 23.2 Å². The number of alkyl halides is 10. The van der Waals surface area contributed by atoms with E-state index < -0.39 is 54.0 Å². The summed E-state index contributed by atoms with van der Waals surface area (Å²) < 4.78 is 146. The largest absolute Gasteiger partial charge is 0.465 e. The number of hydrogen-bond donors (Lipinski definition) is 1. The highest BCUT2D eigenvalue weighted by Gasteiger charge is 2.81. The van der Waals surface area contributed by atoms with Crippen LogP contribution in [0.15, 0.2) is 18.2 Å². The molecule has 1 unspecified atom stereocenters. The van der Waals surface area contributed by atoms with Gasteiger partial charge in [0, 0.05) is 24.2 Å². The summed E-state index contributed by atoms with van der Waals surface area (Å²) in [6.45, 7) is 5.94. The van der Waals surface area contributed by atoms with Gasteiger partial charge in [-0.25, -0.2) is 4.39 Å². The molecule has 310 valence electrons. The minimum atomic E-state index is -6.84. The van der Waals surface area contributed by atoms with Crippen LogP contribution >= 0.6 is 0 Å². The van der Waals surface area contributed by atoms with E-state index in [0.29, 0.717) is 38.8 Å². The molecular formula is C40H57F10NO3. The van der Waals surface area contributed by atoms with Gasteiger partial charge in [-0.15, -0.1) is 0 Å². The smallest absolute Gasteiger partial charge is 0.460 e. The minimum Gasteiger partial charge on any atom is -0.465 e. The number of aliphatic hydroxyl groups is 1. The van der Waals surface area contributed by atoms with E-state index in [2.05, 4.69) is 17.9 Å². The average molecular weight is 790 g/mol. The lowest BCUT2D eigenvalue weighted by Crippen LogP contribution is -2.60. The molecule has 1 N–H and O–H groups in total. The molecule has 0 bridgehead atoms. The molecule has 8 atom stereocenters. The highest BCUT2D eigenvalue weighted by atomic mass is 19.4. The Kier molecular flexibility index (Phi) is 13.3. The maximum absolute atomic E-state index is 16.5. The first-order valence-electron chi connectivity index (χ1n) is 19.8. The van der Waals surface area contributed by atoms with Gasteiger partial charge in [0.15, 0.2) is 6.29 Å². The Balaban J connectivity index is 1.10. The Labute approximate surface area is 312 Å². The molecule has 2 saturated carbocycles. The van der Waals surface area contributed by atoms with Crippen molar-refractivity contribution in [3.05, 3.63) is 29.3 Å². The van der Waals surface area contributed by atoms with Gasteiger partial charge < -0.3 is 19.5 Å². The van der Waals surface area contributed by atoms with Crippen LogP contribution in [0.3, 0.4) is 0 Å². The number of nitrogens with zero attached hydrogens (tertiary/aromatic N) is 1. The number of rotatable bonds is 17. The number of ether oxygens (including phenoxy) is 2. The molecule has 1 heterocycles. The van der Waals surface area contributed by atoms with Gasteiger partial charge in [-0.1, -0.05) is 38.7 Å². The fourth-order valence-corrected chi connectivity index (χ4v) is 10.0. The Hall–Kier alpha value is -1.80. The quantitative estimate of drug-likeness (QED) is 0.126. The second-order valence-electron chi connectivity index (χ2n) is 17.1. The van der Waals surface area contributed by atoms with Crippen molar-refractivity contribution in [1.29, 1.82) is 0 Å². The van der Waals surface area contributed by atoms with Gasteiger partial charge >= 0.3 is 23.9 Å². The lowest BCUT2D eigenvalue weighted by molar-refractivity contribution is -0.396. The van der Waals surface area contributed by atoms with Crippen molar-refractivity contribution in [2.75, 3.05) is 26.7 Å². The fraction of sp³-hybridized carbons (Fsp3) is 0.850. The van der Waals surface area contributed by atoms with Crippen molar-refractivity contribution in [2.45, 2.75) is 165 Å². The zero-order chi connectivity index (χ0) is 39.7. The van der Waals surface area contributed by atoms with E-state index in [1.54, 1.807) is 0 Å². The van der Waals surface area contributed by atoms with Gasteiger partial charge in [-0.05, 0) is 132 Å². The van der Waals surface area contributed by atoms with Crippen LogP contribution in [0.4, 0.5) is 43.9 Å². The zero-order valence-corrected chi connectivity index (χ0v) is 31.6. The maximum atomic E-state index is 16.5. The number of benzene rings is 1. The molecule has 0 amide bonds. The van der Waals surface area contributed by atoms with Crippen LogP contribution in [0, 0.1) is 23.2 Å². The molecule has 54 heavy (non-hydrogen) atoms. The Morgan fingerprint density at radius 3 is 2.19 bits per heavy atom. The lowest BCUT2D eigenvalue weighted by Gasteiger charge is -2.56. The second kappa shape index (κ2) is 16.6. The normalized spacial score (nSPS) is 32.0. The SMILES string of the molecule is CN(CCCCCCC(F)(F)C(F)(F)C(F)(F)C(F)(F)F)CCCCC[C@@H]1Cc2cc(OC3CCCCO3)ccc2[C@@H]2[C@@H]1[C@@H]1CC[C@](C)(O)[C@@]1(C)C[C@@H]2F. The van der Waals surface area contributed by atoms with E-state index in [0.717, 1.165) is 81.2 Å². The maximum Gasteiger partial charge on any atom is 0.460 e. The van der Waals surface area contributed by atoms with E-state index in [-0.39, 0.29) is 36.4 Å². The standard InChI is InChI=1S/C40H57F10NO3/c1-35-25-31(41)34-29-16-15-28(54-32-14-8-12-22-53-32)24-27(29)23-26(33(34)30(35)17-19-36(35,2)52)13-7-6-11-21-51(3)20-10-5-4-9-18-37(42,43)38(44,45)39(46,47)40(48,49)50/h15-16,24,26,30-34,52H,4-14,17-23,25H2,1-3H3/t26-,30+,31+,32?,33+,34+,35+,36+/m1/s1. The molecule has 1 aliphatic heterocycles. The highest BCUT2D eigenvalue weighted by molar-refractivity contribution is 5.42. The van der Waals surface area contributed by atoms with Crippen LogP contribution < -0.4 is 4.74 Å². The summed E-state index contributed by atoms with van der Waals surface area (Å²) in [7, 11) is 1.89. The van der Waals surface area contributed by atoms with Crippen molar-refractivity contribution >= 4 is 0 Å². The molecule has 1 aromatic rings. The molecule has 0 aromatic heterocycles. The summed E-state index contributed by atoms with van der Waals surface area (Å²) in [6, 6.07) is 6.07. The minimum absolute atomic E-state index is 0.0129. The first kappa shape index (κ1) is 43.3. The summed E-state index contributed by atoms with van der Waals surface area (Å²) in [4.78, 5) is 2.05. The summed E-state index contributed by atoms with van der Waals surface area (Å²) >= 11 is 0.